The molecule has 0 radical (unpaired) electrons. The van der Waals surface area contributed by atoms with Crippen molar-refractivity contribution in [2.45, 2.75) is 17.7 Å². The Bertz CT molecular complexity index is 1150. The predicted molar refractivity (Wildman–Crippen MR) is 127 cm³/mol. The normalized spacial score (nSPS) is 10.9. The van der Waals surface area contributed by atoms with Crippen LogP contribution in [0.1, 0.15) is 12.0 Å². The van der Waals surface area contributed by atoms with Gasteiger partial charge in [0.1, 0.15) is 5.75 Å². The van der Waals surface area contributed by atoms with E-state index in [9.17, 15) is 4.79 Å². The first-order valence-corrected chi connectivity index (χ1v) is 11.3. The van der Waals surface area contributed by atoms with E-state index in [2.05, 4.69) is 47.4 Å². The first-order chi connectivity index (χ1) is 15.2. The predicted octanol–water partition coefficient (Wildman–Crippen LogP) is 6.11. The molecule has 5 heteroatoms. The SMILES string of the molecule is COC(=O)CCc1ccc(OCCSc2ccccc2)c(-c2ccc3[nH]ccc3c2)c1. The maximum atomic E-state index is 11.6. The molecule has 4 aromatic rings. The first-order valence-electron chi connectivity index (χ1n) is 10.3. The molecule has 0 aliphatic rings. The summed E-state index contributed by atoms with van der Waals surface area (Å²) in [4.78, 5) is 16.0. The number of fused-ring (bicyclic) bond motifs is 1. The van der Waals surface area contributed by atoms with Gasteiger partial charge in [-0.1, -0.05) is 30.3 Å². The van der Waals surface area contributed by atoms with Gasteiger partial charge in [-0.05, 0) is 65.4 Å². The lowest BCUT2D eigenvalue weighted by atomic mass is 9.99. The summed E-state index contributed by atoms with van der Waals surface area (Å²) in [5, 5.41) is 1.16. The molecule has 0 saturated heterocycles. The molecule has 0 saturated carbocycles. The van der Waals surface area contributed by atoms with Crippen molar-refractivity contribution in [3.8, 4) is 16.9 Å². The Labute approximate surface area is 186 Å². The van der Waals surface area contributed by atoms with Crippen molar-refractivity contribution in [1.29, 1.82) is 0 Å². The number of aryl methyl sites for hydroxylation is 1. The number of benzene rings is 3. The van der Waals surface area contributed by atoms with Crippen molar-refractivity contribution in [2.24, 2.45) is 0 Å². The number of carbonyl (C=O) groups is 1. The van der Waals surface area contributed by atoms with E-state index >= 15 is 0 Å². The molecule has 0 atom stereocenters. The fourth-order valence-electron chi connectivity index (χ4n) is 3.48. The second kappa shape index (κ2) is 10.2. The number of carbonyl (C=O) groups excluding carboxylic acids is 1. The van der Waals surface area contributed by atoms with Crippen LogP contribution in [0.4, 0.5) is 0 Å². The van der Waals surface area contributed by atoms with E-state index in [1.807, 2.05) is 36.5 Å². The van der Waals surface area contributed by atoms with Gasteiger partial charge in [0.05, 0.1) is 13.7 Å². The minimum absolute atomic E-state index is 0.200. The van der Waals surface area contributed by atoms with E-state index in [-0.39, 0.29) is 5.97 Å². The van der Waals surface area contributed by atoms with Gasteiger partial charge in [0.25, 0.3) is 0 Å². The fraction of sp³-hybridized carbons (Fsp3) is 0.192. The van der Waals surface area contributed by atoms with E-state index in [4.69, 9.17) is 9.47 Å². The molecular weight excluding hydrogens is 406 g/mol. The minimum atomic E-state index is -0.200. The summed E-state index contributed by atoms with van der Waals surface area (Å²) >= 11 is 1.78. The maximum absolute atomic E-state index is 11.6. The Balaban J connectivity index is 1.53. The van der Waals surface area contributed by atoms with Crippen molar-refractivity contribution in [2.75, 3.05) is 19.5 Å². The van der Waals surface area contributed by atoms with Crippen molar-refractivity contribution in [3.05, 3.63) is 84.6 Å². The average molecular weight is 432 g/mol. The van der Waals surface area contributed by atoms with E-state index in [0.29, 0.717) is 19.4 Å². The van der Waals surface area contributed by atoms with Crippen LogP contribution in [-0.2, 0) is 16.0 Å². The number of H-pyrrole nitrogens is 1. The lowest BCUT2D eigenvalue weighted by Crippen LogP contribution is -2.04. The van der Waals surface area contributed by atoms with Crippen molar-refractivity contribution >= 4 is 28.6 Å². The highest BCUT2D eigenvalue weighted by atomic mass is 32.2. The highest BCUT2D eigenvalue weighted by molar-refractivity contribution is 7.99. The summed E-state index contributed by atoms with van der Waals surface area (Å²) in [6.45, 7) is 0.612. The summed E-state index contributed by atoms with van der Waals surface area (Å²) in [5.41, 5.74) is 4.32. The fourth-order valence-corrected chi connectivity index (χ4v) is 4.23. The summed E-state index contributed by atoms with van der Waals surface area (Å²) in [7, 11) is 1.42. The van der Waals surface area contributed by atoms with Crippen LogP contribution in [-0.4, -0.2) is 30.4 Å². The number of hydrogen-bond donors (Lipinski definition) is 1. The molecular formula is C26H25NO3S. The number of hydrogen-bond acceptors (Lipinski definition) is 4. The zero-order chi connectivity index (χ0) is 21.5. The molecule has 0 bridgehead atoms. The number of rotatable bonds is 9. The Hall–Kier alpha value is -3.18. The van der Waals surface area contributed by atoms with Crippen LogP contribution < -0.4 is 4.74 Å². The van der Waals surface area contributed by atoms with Crippen LogP contribution in [0.5, 0.6) is 5.75 Å². The van der Waals surface area contributed by atoms with E-state index in [1.165, 1.54) is 12.0 Å². The number of ether oxygens (including phenoxy) is 2. The molecule has 0 amide bonds. The van der Waals surface area contributed by atoms with Crippen LogP contribution in [0.3, 0.4) is 0 Å². The second-order valence-corrected chi connectivity index (χ2v) is 8.36. The third-order valence-corrected chi connectivity index (χ3v) is 6.08. The molecule has 0 unspecified atom stereocenters. The summed E-state index contributed by atoms with van der Waals surface area (Å²) in [6, 6.07) is 24.9. The third kappa shape index (κ3) is 5.50. The van der Waals surface area contributed by atoms with Gasteiger partial charge in [-0.25, -0.2) is 0 Å². The molecule has 0 aliphatic carbocycles. The maximum Gasteiger partial charge on any atom is 0.305 e. The summed E-state index contributed by atoms with van der Waals surface area (Å²) in [5.74, 6) is 1.52. The van der Waals surface area contributed by atoms with Gasteiger partial charge in [-0.3, -0.25) is 4.79 Å². The molecule has 31 heavy (non-hydrogen) atoms. The average Bonchev–Trinajstić information content (AvgIpc) is 3.29. The summed E-state index contributed by atoms with van der Waals surface area (Å²) < 4.78 is 11.0. The van der Waals surface area contributed by atoms with Gasteiger partial charge in [0.2, 0.25) is 0 Å². The number of aromatic amines is 1. The van der Waals surface area contributed by atoms with Gasteiger partial charge in [0.15, 0.2) is 0 Å². The van der Waals surface area contributed by atoms with E-state index < -0.39 is 0 Å². The molecule has 0 spiro atoms. The first kappa shape index (κ1) is 21.1. The van der Waals surface area contributed by atoms with Gasteiger partial charge in [-0.2, -0.15) is 0 Å². The molecule has 4 rings (SSSR count). The van der Waals surface area contributed by atoms with E-state index in [1.54, 1.807) is 11.8 Å². The second-order valence-electron chi connectivity index (χ2n) is 7.20. The highest BCUT2D eigenvalue weighted by Gasteiger charge is 2.11. The number of esters is 1. The minimum Gasteiger partial charge on any atom is -0.492 e. The van der Waals surface area contributed by atoms with Gasteiger partial charge >= 0.3 is 5.97 Å². The third-order valence-electron chi connectivity index (χ3n) is 5.11. The van der Waals surface area contributed by atoms with Crippen molar-refractivity contribution in [3.63, 3.8) is 0 Å². The van der Waals surface area contributed by atoms with Crippen LogP contribution in [0.25, 0.3) is 22.0 Å². The monoisotopic (exact) mass is 431 g/mol. The van der Waals surface area contributed by atoms with Crippen LogP contribution in [0.2, 0.25) is 0 Å². The lowest BCUT2D eigenvalue weighted by Gasteiger charge is -2.14. The molecule has 158 valence electrons. The zero-order valence-electron chi connectivity index (χ0n) is 17.5. The number of nitrogens with one attached hydrogen (secondary N) is 1. The number of aromatic nitrogens is 1. The topological polar surface area (TPSA) is 51.3 Å². The molecule has 0 aliphatic heterocycles. The standard InChI is InChI=1S/C26H25NO3S/c1-29-26(28)12-8-19-7-11-25(30-15-16-31-22-5-3-2-4-6-22)23(17-19)20-9-10-24-21(18-20)13-14-27-24/h2-7,9-11,13-14,17-18,27H,8,12,15-16H2,1H3. The molecule has 1 heterocycles. The van der Waals surface area contributed by atoms with E-state index in [0.717, 1.165) is 39.1 Å². The number of methoxy groups -OCH3 is 1. The Morgan fingerprint density at radius 2 is 1.87 bits per heavy atom. The van der Waals surface area contributed by atoms with Crippen molar-refractivity contribution in [1.82, 2.24) is 4.98 Å². The Morgan fingerprint density at radius 3 is 2.71 bits per heavy atom. The molecule has 1 N–H and O–H groups in total. The largest absolute Gasteiger partial charge is 0.492 e. The molecule has 1 aromatic heterocycles. The molecule has 4 nitrogen and oxygen atoms in total. The smallest absolute Gasteiger partial charge is 0.305 e. The van der Waals surface area contributed by atoms with Gasteiger partial charge in [0, 0.05) is 34.3 Å². The number of thioether (sulfide) groups is 1. The Kier molecular flexibility index (Phi) is 6.95. The Morgan fingerprint density at radius 1 is 1.00 bits per heavy atom. The van der Waals surface area contributed by atoms with Crippen LogP contribution in [0, 0.1) is 0 Å². The lowest BCUT2D eigenvalue weighted by molar-refractivity contribution is -0.140. The quantitative estimate of drug-likeness (QED) is 0.197. The highest BCUT2D eigenvalue weighted by Crippen LogP contribution is 2.33. The van der Waals surface area contributed by atoms with Gasteiger partial charge < -0.3 is 14.5 Å². The molecule has 3 aromatic carbocycles. The van der Waals surface area contributed by atoms with Crippen LogP contribution >= 0.6 is 11.8 Å². The zero-order valence-corrected chi connectivity index (χ0v) is 18.3. The van der Waals surface area contributed by atoms with Crippen LogP contribution in [0.15, 0.2) is 83.9 Å². The van der Waals surface area contributed by atoms with Gasteiger partial charge in [-0.15, -0.1) is 11.8 Å². The van der Waals surface area contributed by atoms with Crippen molar-refractivity contribution < 1.29 is 14.3 Å². The molecule has 0 fully saturated rings. The summed E-state index contributed by atoms with van der Waals surface area (Å²) in [6.07, 6.45) is 2.94.